The van der Waals surface area contributed by atoms with Crippen molar-refractivity contribution in [1.29, 1.82) is 0 Å². The van der Waals surface area contributed by atoms with Crippen LogP contribution in [0.5, 0.6) is 11.5 Å². The summed E-state index contributed by atoms with van der Waals surface area (Å²) >= 11 is 1.66. The molecule has 0 fully saturated rings. The van der Waals surface area contributed by atoms with Crippen LogP contribution in [0.2, 0.25) is 0 Å². The molecular weight excluding hydrogens is 322 g/mol. The molecule has 3 aromatic rings. The monoisotopic (exact) mass is 341 g/mol. The van der Waals surface area contributed by atoms with Crippen molar-refractivity contribution in [3.8, 4) is 22.9 Å². The first-order valence-electron chi connectivity index (χ1n) is 7.51. The number of methoxy groups -OCH3 is 2. The lowest BCUT2D eigenvalue weighted by molar-refractivity contribution is 0.414. The Kier molecular flexibility index (Phi) is 5.05. The Balaban J connectivity index is 1.71. The van der Waals surface area contributed by atoms with Crippen molar-refractivity contribution in [2.24, 2.45) is 7.05 Å². The maximum atomic E-state index is 5.19. The predicted molar refractivity (Wildman–Crippen MR) is 95.5 cm³/mol. The van der Waals surface area contributed by atoms with E-state index in [9.17, 15) is 0 Å². The molecule has 0 aliphatic carbocycles. The zero-order valence-corrected chi connectivity index (χ0v) is 14.7. The third kappa shape index (κ3) is 3.54. The van der Waals surface area contributed by atoms with Gasteiger partial charge in [-0.1, -0.05) is 23.9 Å². The maximum absolute atomic E-state index is 5.19. The molecule has 0 unspecified atom stereocenters. The molecule has 6 heteroatoms. The molecule has 1 aromatic heterocycles. The number of thioether (sulfide) groups is 1. The normalized spacial score (nSPS) is 10.6. The Bertz CT molecular complexity index is 798. The van der Waals surface area contributed by atoms with Crippen LogP contribution in [-0.2, 0) is 12.8 Å². The van der Waals surface area contributed by atoms with Crippen LogP contribution in [0.3, 0.4) is 0 Å². The van der Waals surface area contributed by atoms with E-state index in [0.29, 0.717) is 0 Å². The van der Waals surface area contributed by atoms with Gasteiger partial charge >= 0.3 is 0 Å². The Labute approximate surface area is 145 Å². The molecule has 5 nitrogen and oxygen atoms in total. The van der Waals surface area contributed by atoms with Gasteiger partial charge in [0.15, 0.2) is 11.0 Å². The molecule has 2 aromatic carbocycles. The summed E-state index contributed by atoms with van der Waals surface area (Å²) in [6.07, 6.45) is 0. The third-order valence-electron chi connectivity index (χ3n) is 3.71. The minimum Gasteiger partial charge on any atom is -0.497 e. The summed E-state index contributed by atoms with van der Waals surface area (Å²) in [5.41, 5.74) is 2.23. The second kappa shape index (κ2) is 7.40. The van der Waals surface area contributed by atoms with Gasteiger partial charge in [-0.2, -0.15) is 0 Å². The van der Waals surface area contributed by atoms with E-state index in [1.807, 2.05) is 48.0 Å². The zero-order chi connectivity index (χ0) is 16.9. The highest BCUT2D eigenvalue weighted by atomic mass is 32.2. The average Bonchev–Trinajstić information content (AvgIpc) is 3.01. The molecule has 124 valence electrons. The predicted octanol–water partition coefficient (Wildman–Crippen LogP) is 3.79. The highest BCUT2D eigenvalue weighted by Gasteiger charge is 2.11. The lowest BCUT2D eigenvalue weighted by Crippen LogP contribution is -1.95. The van der Waals surface area contributed by atoms with Crippen molar-refractivity contribution in [3.05, 3.63) is 54.1 Å². The van der Waals surface area contributed by atoms with Gasteiger partial charge in [0.05, 0.1) is 14.2 Å². The van der Waals surface area contributed by atoms with Gasteiger partial charge in [-0.25, -0.2) is 0 Å². The van der Waals surface area contributed by atoms with Gasteiger partial charge < -0.3 is 14.0 Å². The van der Waals surface area contributed by atoms with E-state index >= 15 is 0 Å². The van der Waals surface area contributed by atoms with E-state index < -0.39 is 0 Å². The van der Waals surface area contributed by atoms with Crippen molar-refractivity contribution in [1.82, 2.24) is 14.8 Å². The second-order valence-electron chi connectivity index (χ2n) is 5.23. The Morgan fingerprint density at radius 3 is 2.04 bits per heavy atom. The maximum Gasteiger partial charge on any atom is 0.191 e. The molecule has 0 aliphatic heterocycles. The molecule has 24 heavy (non-hydrogen) atoms. The van der Waals surface area contributed by atoms with Crippen LogP contribution in [0.25, 0.3) is 11.4 Å². The van der Waals surface area contributed by atoms with Crippen LogP contribution in [-0.4, -0.2) is 29.0 Å². The summed E-state index contributed by atoms with van der Waals surface area (Å²) < 4.78 is 12.4. The third-order valence-corrected chi connectivity index (χ3v) is 4.80. The zero-order valence-electron chi connectivity index (χ0n) is 13.9. The van der Waals surface area contributed by atoms with Gasteiger partial charge in [-0.3, -0.25) is 0 Å². The quantitative estimate of drug-likeness (QED) is 0.639. The number of ether oxygens (including phenoxy) is 2. The van der Waals surface area contributed by atoms with Crippen LogP contribution in [0.4, 0.5) is 0 Å². The smallest absolute Gasteiger partial charge is 0.191 e. The van der Waals surface area contributed by atoms with Crippen molar-refractivity contribution in [3.63, 3.8) is 0 Å². The fourth-order valence-electron chi connectivity index (χ4n) is 2.30. The first kappa shape index (κ1) is 16.4. The molecule has 3 rings (SSSR count). The van der Waals surface area contributed by atoms with E-state index in [0.717, 1.165) is 33.8 Å². The summed E-state index contributed by atoms with van der Waals surface area (Å²) in [5.74, 6) is 3.37. The molecule has 0 bridgehead atoms. The molecule has 0 saturated heterocycles. The number of nitrogens with zero attached hydrogens (tertiary/aromatic N) is 3. The lowest BCUT2D eigenvalue weighted by atomic mass is 10.2. The average molecular weight is 341 g/mol. The summed E-state index contributed by atoms with van der Waals surface area (Å²) in [7, 11) is 5.31. The van der Waals surface area contributed by atoms with E-state index in [4.69, 9.17) is 9.47 Å². The first-order valence-corrected chi connectivity index (χ1v) is 8.49. The summed E-state index contributed by atoms with van der Waals surface area (Å²) in [6, 6.07) is 15.9. The molecule has 0 N–H and O–H groups in total. The molecule has 1 heterocycles. The molecule has 0 spiro atoms. The largest absolute Gasteiger partial charge is 0.497 e. The van der Waals surface area contributed by atoms with Gasteiger partial charge in [0.25, 0.3) is 0 Å². The highest BCUT2D eigenvalue weighted by Crippen LogP contribution is 2.26. The summed E-state index contributed by atoms with van der Waals surface area (Å²) in [6.45, 7) is 0. The van der Waals surface area contributed by atoms with Crippen LogP contribution < -0.4 is 9.47 Å². The standard InChI is InChI=1S/C18H19N3O2S/c1-21-17(14-6-10-16(23-3)11-7-14)19-20-18(21)24-12-13-4-8-15(22-2)9-5-13/h4-11H,12H2,1-3H3. The number of hydrogen-bond donors (Lipinski definition) is 0. The minimum absolute atomic E-state index is 0.829. The summed E-state index contributed by atoms with van der Waals surface area (Å²) in [4.78, 5) is 0. The number of aromatic nitrogens is 3. The number of hydrogen-bond acceptors (Lipinski definition) is 5. The van der Waals surface area contributed by atoms with E-state index in [2.05, 4.69) is 22.3 Å². The molecule has 0 aliphatic rings. The van der Waals surface area contributed by atoms with Crippen LogP contribution in [0, 0.1) is 0 Å². The second-order valence-corrected chi connectivity index (χ2v) is 6.17. The van der Waals surface area contributed by atoms with Gasteiger partial charge in [0.2, 0.25) is 0 Å². The fraction of sp³-hybridized carbons (Fsp3) is 0.222. The van der Waals surface area contributed by atoms with E-state index in [-0.39, 0.29) is 0 Å². The topological polar surface area (TPSA) is 49.2 Å². The van der Waals surface area contributed by atoms with Gasteiger partial charge in [-0.15, -0.1) is 10.2 Å². The number of rotatable bonds is 6. The van der Waals surface area contributed by atoms with Crippen molar-refractivity contribution < 1.29 is 9.47 Å². The van der Waals surface area contributed by atoms with E-state index in [1.165, 1.54) is 5.56 Å². The molecular formula is C18H19N3O2S. The van der Waals surface area contributed by atoms with Crippen molar-refractivity contribution in [2.75, 3.05) is 14.2 Å². The summed E-state index contributed by atoms with van der Waals surface area (Å²) in [5, 5.41) is 9.50. The van der Waals surface area contributed by atoms with Crippen LogP contribution in [0.15, 0.2) is 53.7 Å². The van der Waals surface area contributed by atoms with Gasteiger partial charge in [0, 0.05) is 18.4 Å². The van der Waals surface area contributed by atoms with Crippen LogP contribution in [0.1, 0.15) is 5.56 Å². The molecule has 0 atom stereocenters. The molecule has 0 saturated carbocycles. The highest BCUT2D eigenvalue weighted by molar-refractivity contribution is 7.98. The van der Waals surface area contributed by atoms with Crippen molar-refractivity contribution in [2.45, 2.75) is 10.9 Å². The van der Waals surface area contributed by atoms with Gasteiger partial charge in [0.1, 0.15) is 11.5 Å². The van der Waals surface area contributed by atoms with E-state index in [1.54, 1.807) is 26.0 Å². The Morgan fingerprint density at radius 2 is 1.46 bits per heavy atom. The van der Waals surface area contributed by atoms with Crippen molar-refractivity contribution >= 4 is 11.8 Å². The molecule has 0 amide bonds. The fourth-order valence-corrected chi connectivity index (χ4v) is 3.17. The SMILES string of the molecule is COc1ccc(CSc2nnc(-c3ccc(OC)cc3)n2C)cc1. The molecule has 0 radical (unpaired) electrons. The van der Waals surface area contributed by atoms with Crippen LogP contribution >= 0.6 is 11.8 Å². The Morgan fingerprint density at radius 1 is 0.875 bits per heavy atom. The first-order chi connectivity index (χ1) is 11.7. The number of benzene rings is 2. The lowest BCUT2D eigenvalue weighted by Gasteiger charge is -2.05. The van der Waals surface area contributed by atoms with Gasteiger partial charge in [-0.05, 0) is 42.0 Å². The minimum atomic E-state index is 0.829. The Hall–Kier alpha value is -2.47.